The van der Waals surface area contributed by atoms with Crippen molar-refractivity contribution in [3.8, 4) is 0 Å². The van der Waals surface area contributed by atoms with Crippen LogP contribution in [0.25, 0.3) is 0 Å². The van der Waals surface area contributed by atoms with Gasteiger partial charge in [-0.2, -0.15) is 0 Å². The number of nitrogens with two attached hydrogens (primary N) is 1. The second-order valence-corrected chi connectivity index (χ2v) is 4.86. The predicted molar refractivity (Wildman–Crippen MR) is 61.7 cm³/mol. The van der Waals surface area contributed by atoms with Crippen LogP contribution in [-0.4, -0.2) is 44.9 Å². The normalized spacial score (nSPS) is 11.6. The lowest BCUT2D eigenvalue weighted by Crippen LogP contribution is -2.28. The Morgan fingerprint density at radius 3 is 2.88 bits per heavy atom. The van der Waals surface area contributed by atoms with E-state index >= 15 is 0 Å². The molecule has 1 heterocycles. The first-order valence-corrected chi connectivity index (χ1v) is 6.45. The third-order valence-corrected chi connectivity index (χ3v) is 3.37. The van der Waals surface area contributed by atoms with E-state index in [0.717, 1.165) is 0 Å². The lowest BCUT2D eigenvalue weighted by Gasteiger charge is -2.08. The summed E-state index contributed by atoms with van der Waals surface area (Å²) >= 11 is 0. The summed E-state index contributed by atoms with van der Waals surface area (Å²) in [6, 6.07) is 2.87. The fourth-order valence-corrected chi connectivity index (χ4v) is 2.22. The highest BCUT2D eigenvalue weighted by atomic mass is 32.2. The smallest absolute Gasteiger partial charge is 0.244 e. The van der Waals surface area contributed by atoms with Gasteiger partial charge in [0.25, 0.3) is 0 Å². The summed E-state index contributed by atoms with van der Waals surface area (Å²) in [6.45, 7) is 0.371. The minimum atomic E-state index is -3.66. The Bertz CT molecular complexity index is 449. The molecule has 0 aromatic carbocycles. The van der Waals surface area contributed by atoms with Crippen molar-refractivity contribution < 1.29 is 18.3 Å². The van der Waals surface area contributed by atoms with E-state index < -0.39 is 10.0 Å². The number of rotatable bonds is 7. The quantitative estimate of drug-likeness (QED) is 0.540. The standard InChI is InChI=1S/C9H15N3O4S/c10-9-8(2-1-3-11-9)17(14,15)12-4-6-16-7-5-13/h1-3,12-13H,4-7H2,(H2,10,11). The van der Waals surface area contributed by atoms with E-state index in [-0.39, 0.29) is 37.1 Å². The number of sulfonamides is 1. The molecule has 0 radical (unpaired) electrons. The van der Waals surface area contributed by atoms with Crippen molar-refractivity contribution >= 4 is 15.8 Å². The van der Waals surface area contributed by atoms with Gasteiger partial charge >= 0.3 is 0 Å². The van der Waals surface area contributed by atoms with Crippen molar-refractivity contribution in [2.24, 2.45) is 0 Å². The third kappa shape index (κ3) is 4.27. The molecule has 0 aliphatic carbocycles. The summed E-state index contributed by atoms with van der Waals surface area (Å²) in [7, 11) is -3.66. The molecule has 1 aromatic heterocycles. The molecule has 17 heavy (non-hydrogen) atoms. The van der Waals surface area contributed by atoms with Crippen LogP contribution in [0.1, 0.15) is 0 Å². The Balaban J connectivity index is 2.55. The molecule has 7 nitrogen and oxygen atoms in total. The van der Waals surface area contributed by atoms with Gasteiger partial charge < -0.3 is 15.6 Å². The van der Waals surface area contributed by atoms with Crippen molar-refractivity contribution in [1.29, 1.82) is 0 Å². The summed E-state index contributed by atoms with van der Waals surface area (Å²) < 4.78 is 30.7. The van der Waals surface area contributed by atoms with Crippen molar-refractivity contribution in [3.05, 3.63) is 18.3 Å². The Hall–Kier alpha value is -1.22. The average Bonchev–Trinajstić information content (AvgIpc) is 2.29. The first kappa shape index (κ1) is 13.8. The molecule has 0 aliphatic heterocycles. The van der Waals surface area contributed by atoms with Crippen LogP contribution in [0.3, 0.4) is 0 Å². The van der Waals surface area contributed by atoms with Gasteiger partial charge in [0.15, 0.2) is 0 Å². The van der Waals surface area contributed by atoms with Gasteiger partial charge in [-0.05, 0) is 12.1 Å². The molecule has 0 fully saturated rings. The van der Waals surface area contributed by atoms with Crippen molar-refractivity contribution in [1.82, 2.24) is 9.71 Å². The minimum Gasteiger partial charge on any atom is -0.394 e. The zero-order valence-electron chi connectivity index (χ0n) is 9.17. The predicted octanol–water partition coefficient (Wildman–Crippen LogP) is -1.05. The largest absolute Gasteiger partial charge is 0.394 e. The maximum absolute atomic E-state index is 11.7. The number of ether oxygens (including phenoxy) is 1. The SMILES string of the molecule is Nc1ncccc1S(=O)(=O)NCCOCCO. The second-order valence-electron chi connectivity index (χ2n) is 3.12. The van der Waals surface area contributed by atoms with Gasteiger partial charge in [0.2, 0.25) is 10.0 Å². The topological polar surface area (TPSA) is 115 Å². The molecule has 0 spiro atoms. The molecule has 4 N–H and O–H groups in total. The number of hydrogen-bond donors (Lipinski definition) is 3. The monoisotopic (exact) mass is 261 g/mol. The zero-order valence-corrected chi connectivity index (χ0v) is 9.98. The van der Waals surface area contributed by atoms with Gasteiger partial charge in [0, 0.05) is 12.7 Å². The van der Waals surface area contributed by atoms with Gasteiger partial charge in [0.1, 0.15) is 10.7 Å². The zero-order chi connectivity index (χ0) is 12.7. The van der Waals surface area contributed by atoms with E-state index in [1.807, 2.05) is 0 Å². The van der Waals surface area contributed by atoms with Crippen LogP contribution in [0, 0.1) is 0 Å². The summed E-state index contributed by atoms with van der Waals surface area (Å²) in [5.41, 5.74) is 5.46. The van der Waals surface area contributed by atoms with E-state index in [4.69, 9.17) is 15.6 Å². The lowest BCUT2D eigenvalue weighted by atomic mass is 10.5. The number of anilines is 1. The molecule has 0 bridgehead atoms. The summed E-state index contributed by atoms with van der Waals surface area (Å²) in [4.78, 5) is 3.64. The molecule has 0 amide bonds. The van der Waals surface area contributed by atoms with E-state index in [1.54, 1.807) is 0 Å². The van der Waals surface area contributed by atoms with Crippen LogP contribution in [0.15, 0.2) is 23.2 Å². The Labute approximate surface area is 99.7 Å². The molecule has 96 valence electrons. The Kier molecular flexibility index (Phi) is 5.29. The van der Waals surface area contributed by atoms with E-state index in [1.165, 1.54) is 18.3 Å². The number of hydrogen-bond acceptors (Lipinski definition) is 6. The van der Waals surface area contributed by atoms with Crippen LogP contribution in [0.5, 0.6) is 0 Å². The molecule has 0 saturated carbocycles. The first-order valence-electron chi connectivity index (χ1n) is 4.96. The molecular weight excluding hydrogens is 246 g/mol. The second kappa shape index (κ2) is 6.50. The summed E-state index contributed by atoms with van der Waals surface area (Å²) in [6.07, 6.45) is 1.42. The lowest BCUT2D eigenvalue weighted by molar-refractivity contribution is 0.0961. The maximum Gasteiger partial charge on any atom is 0.244 e. The van der Waals surface area contributed by atoms with Crippen LogP contribution in [0.2, 0.25) is 0 Å². The first-order chi connectivity index (χ1) is 8.08. The number of pyridine rings is 1. The van der Waals surface area contributed by atoms with E-state index in [0.29, 0.717) is 0 Å². The molecule has 8 heteroatoms. The molecular formula is C9H15N3O4S. The number of nitrogens with zero attached hydrogens (tertiary/aromatic N) is 1. The number of nitrogens with one attached hydrogen (secondary N) is 1. The highest BCUT2D eigenvalue weighted by molar-refractivity contribution is 7.89. The molecule has 0 aliphatic rings. The fourth-order valence-electron chi connectivity index (χ4n) is 1.12. The van der Waals surface area contributed by atoms with Gasteiger partial charge in [-0.15, -0.1) is 0 Å². The minimum absolute atomic E-state index is 0.0451. The van der Waals surface area contributed by atoms with Gasteiger partial charge in [-0.25, -0.2) is 18.1 Å². The van der Waals surface area contributed by atoms with E-state index in [9.17, 15) is 8.42 Å². The van der Waals surface area contributed by atoms with Crippen LogP contribution < -0.4 is 10.5 Å². The number of nitrogen functional groups attached to an aromatic ring is 1. The van der Waals surface area contributed by atoms with Crippen LogP contribution in [0.4, 0.5) is 5.82 Å². The molecule has 0 unspecified atom stereocenters. The third-order valence-electron chi connectivity index (χ3n) is 1.86. The van der Waals surface area contributed by atoms with Crippen LogP contribution in [-0.2, 0) is 14.8 Å². The van der Waals surface area contributed by atoms with E-state index in [2.05, 4.69) is 9.71 Å². The Morgan fingerprint density at radius 2 is 2.24 bits per heavy atom. The fraction of sp³-hybridized carbons (Fsp3) is 0.444. The summed E-state index contributed by atoms with van der Waals surface area (Å²) in [5, 5.41) is 8.45. The van der Waals surface area contributed by atoms with Gasteiger partial charge in [0.05, 0.1) is 19.8 Å². The van der Waals surface area contributed by atoms with Crippen LogP contribution >= 0.6 is 0 Å². The maximum atomic E-state index is 11.7. The van der Waals surface area contributed by atoms with Crippen molar-refractivity contribution in [2.75, 3.05) is 32.1 Å². The number of aromatic nitrogens is 1. The van der Waals surface area contributed by atoms with Crippen molar-refractivity contribution in [2.45, 2.75) is 4.90 Å². The van der Waals surface area contributed by atoms with Crippen molar-refractivity contribution in [3.63, 3.8) is 0 Å². The number of aliphatic hydroxyl groups is 1. The van der Waals surface area contributed by atoms with Gasteiger partial charge in [-0.1, -0.05) is 0 Å². The molecule has 1 aromatic rings. The van der Waals surface area contributed by atoms with Gasteiger partial charge in [-0.3, -0.25) is 0 Å². The highest BCUT2D eigenvalue weighted by Gasteiger charge is 2.16. The highest BCUT2D eigenvalue weighted by Crippen LogP contribution is 2.13. The number of aliphatic hydroxyl groups excluding tert-OH is 1. The Morgan fingerprint density at radius 1 is 1.47 bits per heavy atom. The molecule has 0 saturated heterocycles. The molecule has 1 rings (SSSR count). The summed E-state index contributed by atoms with van der Waals surface area (Å²) in [5.74, 6) is -0.0451. The molecule has 0 atom stereocenters. The average molecular weight is 261 g/mol.